The summed E-state index contributed by atoms with van der Waals surface area (Å²) in [7, 11) is 0. The van der Waals surface area contributed by atoms with Gasteiger partial charge in [0.2, 0.25) is 0 Å². The molecule has 21 heavy (non-hydrogen) atoms. The number of nitrogens with zero attached hydrogens (tertiary/aromatic N) is 1. The van der Waals surface area contributed by atoms with E-state index in [0.29, 0.717) is 11.5 Å². The van der Waals surface area contributed by atoms with Crippen LogP contribution in [0.4, 0.5) is 5.69 Å². The molecule has 1 N–H and O–H groups in total. The van der Waals surface area contributed by atoms with E-state index >= 15 is 0 Å². The highest BCUT2D eigenvalue weighted by Crippen LogP contribution is 2.36. The molecule has 0 aliphatic carbocycles. The van der Waals surface area contributed by atoms with Crippen molar-refractivity contribution in [1.82, 2.24) is 5.32 Å². The number of ether oxygens (including phenoxy) is 1. The van der Waals surface area contributed by atoms with E-state index in [-0.39, 0.29) is 0 Å². The zero-order valence-corrected chi connectivity index (χ0v) is 13.4. The minimum Gasteiger partial charge on any atom is -0.381 e. The van der Waals surface area contributed by atoms with Gasteiger partial charge in [-0.05, 0) is 30.9 Å². The van der Waals surface area contributed by atoms with Crippen LogP contribution in [-0.4, -0.2) is 38.9 Å². The standard InChI is InChI=1S/C18H28N2O/c1-15(2)19-13-18(8-11-21-12-9-18)14-20-10-7-16-5-3-4-6-17(16)20/h3-6,15,19H,7-14H2,1-2H3. The average Bonchev–Trinajstić information content (AvgIpc) is 2.90. The number of para-hydroxylation sites is 1. The fourth-order valence-corrected chi connectivity index (χ4v) is 3.59. The summed E-state index contributed by atoms with van der Waals surface area (Å²) in [5.41, 5.74) is 3.32. The Morgan fingerprint density at radius 3 is 2.76 bits per heavy atom. The van der Waals surface area contributed by atoms with Crippen LogP contribution >= 0.6 is 0 Å². The van der Waals surface area contributed by atoms with Gasteiger partial charge in [0.05, 0.1) is 0 Å². The van der Waals surface area contributed by atoms with Crippen molar-refractivity contribution in [1.29, 1.82) is 0 Å². The largest absolute Gasteiger partial charge is 0.381 e. The molecule has 3 rings (SSSR count). The second-order valence-corrected chi connectivity index (χ2v) is 6.95. The minimum absolute atomic E-state index is 0.361. The van der Waals surface area contributed by atoms with Gasteiger partial charge in [-0.15, -0.1) is 0 Å². The molecular formula is C18H28N2O. The molecule has 0 atom stereocenters. The lowest BCUT2D eigenvalue weighted by Crippen LogP contribution is -2.48. The second-order valence-electron chi connectivity index (χ2n) is 6.95. The zero-order valence-electron chi connectivity index (χ0n) is 13.4. The molecule has 0 unspecified atom stereocenters. The monoisotopic (exact) mass is 288 g/mol. The van der Waals surface area contributed by atoms with Gasteiger partial charge in [-0.2, -0.15) is 0 Å². The minimum atomic E-state index is 0.361. The summed E-state index contributed by atoms with van der Waals surface area (Å²) >= 11 is 0. The maximum absolute atomic E-state index is 5.62. The Bertz CT molecular complexity index is 466. The summed E-state index contributed by atoms with van der Waals surface area (Å²) in [5, 5.41) is 3.67. The molecule has 2 aliphatic heterocycles. The number of rotatable bonds is 5. The Morgan fingerprint density at radius 1 is 1.24 bits per heavy atom. The molecule has 0 spiro atoms. The summed E-state index contributed by atoms with van der Waals surface area (Å²) in [4.78, 5) is 2.60. The molecule has 0 amide bonds. The van der Waals surface area contributed by atoms with Gasteiger partial charge >= 0.3 is 0 Å². The highest BCUT2D eigenvalue weighted by Gasteiger charge is 2.36. The Hall–Kier alpha value is -1.06. The van der Waals surface area contributed by atoms with Gasteiger partial charge in [0.25, 0.3) is 0 Å². The third-order valence-corrected chi connectivity index (χ3v) is 4.95. The lowest BCUT2D eigenvalue weighted by atomic mass is 9.79. The van der Waals surface area contributed by atoms with E-state index < -0.39 is 0 Å². The summed E-state index contributed by atoms with van der Waals surface area (Å²) in [6.45, 7) is 9.73. The van der Waals surface area contributed by atoms with Crippen LogP contribution in [0.2, 0.25) is 0 Å². The molecule has 2 heterocycles. The van der Waals surface area contributed by atoms with Gasteiger partial charge in [-0.25, -0.2) is 0 Å². The van der Waals surface area contributed by atoms with E-state index in [1.807, 2.05) is 0 Å². The molecule has 1 aromatic rings. The summed E-state index contributed by atoms with van der Waals surface area (Å²) in [6.07, 6.45) is 3.54. The molecule has 0 bridgehead atoms. The molecule has 0 radical (unpaired) electrons. The number of fused-ring (bicyclic) bond motifs is 1. The first-order chi connectivity index (χ1) is 10.2. The number of nitrogens with one attached hydrogen (secondary N) is 1. The molecule has 2 aliphatic rings. The van der Waals surface area contributed by atoms with E-state index in [2.05, 4.69) is 48.3 Å². The van der Waals surface area contributed by atoms with Gasteiger partial charge < -0.3 is 15.0 Å². The van der Waals surface area contributed by atoms with Gasteiger partial charge in [-0.3, -0.25) is 0 Å². The van der Waals surface area contributed by atoms with Crippen LogP contribution in [-0.2, 0) is 11.2 Å². The molecule has 116 valence electrons. The van der Waals surface area contributed by atoms with Crippen LogP contribution in [0.25, 0.3) is 0 Å². The van der Waals surface area contributed by atoms with Crippen molar-refractivity contribution in [3.8, 4) is 0 Å². The van der Waals surface area contributed by atoms with Crippen molar-refractivity contribution in [2.45, 2.75) is 39.2 Å². The summed E-state index contributed by atoms with van der Waals surface area (Å²) in [5.74, 6) is 0. The number of hydrogen-bond acceptors (Lipinski definition) is 3. The fraction of sp³-hybridized carbons (Fsp3) is 0.667. The molecule has 0 aromatic heterocycles. The van der Waals surface area contributed by atoms with Crippen LogP contribution in [0.3, 0.4) is 0 Å². The third kappa shape index (κ3) is 3.41. The van der Waals surface area contributed by atoms with E-state index in [1.54, 1.807) is 0 Å². The third-order valence-electron chi connectivity index (χ3n) is 4.95. The molecule has 1 aromatic carbocycles. The Labute approximate surface area is 128 Å². The van der Waals surface area contributed by atoms with Crippen LogP contribution in [0.15, 0.2) is 24.3 Å². The maximum Gasteiger partial charge on any atom is 0.0472 e. The van der Waals surface area contributed by atoms with E-state index in [9.17, 15) is 0 Å². The van der Waals surface area contributed by atoms with Crippen molar-refractivity contribution in [2.75, 3.05) is 37.7 Å². The van der Waals surface area contributed by atoms with Gasteiger partial charge in [0.15, 0.2) is 0 Å². The van der Waals surface area contributed by atoms with Gasteiger partial charge in [0.1, 0.15) is 0 Å². The smallest absolute Gasteiger partial charge is 0.0472 e. The Balaban J connectivity index is 1.73. The molecule has 1 saturated heterocycles. The molecule has 3 heteroatoms. The van der Waals surface area contributed by atoms with Crippen molar-refractivity contribution >= 4 is 5.69 Å². The van der Waals surface area contributed by atoms with Crippen molar-refractivity contribution in [3.63, 3.8) is 0 Å². The average molecular weight is 288 g/mol. The number of hydrogen-bond donors (Lipinski definition) is 1. The topological polar surface area (TPSA) is 24.5 Å². The van der Waals surface area contributed by atoms with E-state index in [4.69, 9.17) is 4.74 Å². The van der Waals surface area contributed by atoms with Crippen LogP contribution in [0.5, 0.6) is 0 Å². The lowest BCUT2D eigenvalue weighted by molar-refractivity contribution is 0.0176. The Kier molecular flexibility index (Phi) is 4.51. The van der Waals surface area contributed by atoms with Crippen LogP contribution in [0, 0.1) is 5.41 Å². The SMILES string of the molecule is CC(C)NCC1(CN2CCc3ccccc32)CCOCC1. The first-order valence-corrected chi connectivity index (χ1v) is 8.33. The van der Waals surface area contributed by atoms with Crippen LogP contribution in [0.1, 0.15) is 32.3 Å². The molecule has 3 nitrogen and oxygen atoms in total. The Morgan fingerprint density at radius 2 is 2.00 bits per heavy atom. The number of anilines is 1. The summed E-state index contributed by atoms with van der Waals surface area (Å²) < 4.78 is 5.62. The van der Waals surface area contributed by atoms with Crippen molar-refractivity contribution in [2.24, 2.45) is 5.41 Å². The van der Waals surface area contributed by atoms with Gasteiger partial charge in [-0.1, -0.05) is 32.0 Å². The van der Waals surface area contributed by atoms with Crippen molar-refractivity contribution < 1.29 is 4.74 Å². The predicted molar refractivity (Wildman–Crippen MR) is 88.0 cm³/mol. The van der Waals surface area contributed by atoms with Gasteiger partial charge in [0, 0.05) is 50.0 Å². The van der Waals surface area contributed by atoms with Crippen molar-refractivity contribution in [3.05, 3.63) is 29.8 Å². The highest BCUT2D eigenvalue weighted by molar-refractivity contribution is 5.58. The first kappa shape index (κ1) is 14.9. The quantitative estimate of drug-likeness (QED) is 0.901. The van der Waals surface area contributed by atoms with Crippen LogP contribution < -0.4 is 10.2 Å². The molecule has 0 saturated carbocycles. The second kappa shape index (κ2) is 6.37. The predicted octanol–water partition coefficient (Wildman–Crippen LogP) is 2.84. The maximum atomic E-state index is 5.62. The fourth-order valence-electron chi connectivity index (χ4n) is 3.59. The highest BCUT2D eigenvalue weighted by atomic mass is 16.5. The van der Waals surface area contributed by atoms with E-state index in [1.165, 1.54) is 37.1 Å². The number of benzene rings is 1. The van der Waals surface area contributed by atoms with E-state index in [0.717, 1.165) is 26.3 Å². The molecule has 1 fully saturated rings. The lowest BCUT2D eigenvalue weighted by Gasteiger charge is -2.41. The summed E-state index contributed by atoms with van der Waals surface area (Å²) in [6, 6.07) is 9.44. The normalized spacial score (nSPS) is 20.8. The zero-order chi connectivity index (χ0) is 14.7. The molecular weight excluding hydrogens is 260 g/mol. The first-order valence-electron chi connectivity index (χ1n) is 8.33.